The first-order valence-electron chi connectivity index (χ1n) is 7.65. The summed E-state index contributed by atoms with van der Waals surface area (Å²) in [5.41, 5.74) is 0.753. The van der Waals surface area contributed by atoms with Gasteiger partial charge in [0, 0.05) is 18.9 Å². The largest absolute Gasteiger partial charge is 0.462 e. The van der Waals surface area contributed by atoms with Crippen molar-refractivity contribution in [2.24, 2.45) is 0 Å². The molecule has 2 N–H and O–H groups in total. The fraction of sp³-hybridized carbons (Fsp3) is 0.438. The number of benzene rings is 1. The molecule has 0 bridgehead atoms. The maximum absolute atomic E-state index is 12.3. The molecule has 0 spiro atoms. The van der Waals surface area contributed by atoms with Gasteiger partial charge < -0.3 is 15.4 Å². The summed E-state index contributed by atoms with van der Waals surface area (Å²) in [5, 5.41) is 5.01. The highest BCUT2D eigenvalue weighted by Crippen LogP contribution is 2.12. The number of amides is 2. The summed E-state index contributed by atoms with van der Waals surface area (Å²) in [6.07, 6.45) is 1.02. The Hall–Kier alpha value is -2.42. The number of ether oxygens (including phenoxy) is 1. The summed E-state index contributed by atoms with van der Waals surface area (Å²) in [6.45, 7) is 3.20. The molecule has 0 fully saturated rings. The Balaban J connectivity index is 2.78. The molecule has 0 aliphatic carbocycles. The van der Waals surface area contributed by atoms with Crippen LogP contribution >= 0.6 is 0 Å². The van der Waals surface area contributed by atoms with Crippen molar-refractivity contribution in [1.82, 2.24) is 5.32 Å². The van der Waals surface area contributed by atoms with Gasteiger partial charge in [-0.2, -0.15) is 0 Å². The third-order valence-corrected chi connectivity index (χ3v) is 4.11. The summed E-state index contributed by atoms with van der Waals surface area (Å²) in [5.74, 6) is -1.67. The van der Waals surface area contributed by atoms with Crippen LogP contribution in [0.5, 0.6) is 0 Å². The minimum absolute atomic E-state index is 0.0366. The SMILES string of the molecule is CCOC(=O)c1ccc(NC(=O)[C@H](CCS(C)(=O)=O)NC(C)=O)cc1. The van der Waals surface area contributed by atoms with Gasteiger partial charge in [0.15, 0.2) is 0 Å². The van der Waals surface area contributed by atoms with Crippen molar-refractivity contribution in [3.63, 3.8) is 0 Å². The third-order valence-electron chi connectivity index (χ3n) is 3.13. The van der Waals surface area contributed by atoms with E-state index in [2.05, 4.69) is 10.6 Å². The number of nitrogens with one attached hydrogen (secondary N) is 2. The van der Waals surface area contributed by atoms with Gasteiger partial charge in [-0.25, -0.2) is 13.2 Å². The van der Waals surface area contributed by atoms with Gasteiger partial charge >= 0.3 is 5.97 Å². The highest BCUT2D eigenvalue weighted by Gasteiger charge is 2.21. The Labute approximate surface area is 146 Å². The lowest BCUT2D eigenvalue weighted by Gasteiger charge is -2.17. The van der Waals surface area contributed by atoms with E-state index in [4.69, 9.17) is 4.74 Å². The zero-order chi connectivity index (χ0) is 19.0. The van der Waals surface area contributed by atoms with Crippen LogP contribution in [0.2, 0.25) is 0 Å². The van der Waals surface area contributed by atoms with E-state index in [1.807, 2.05) is 0 Å². The second-order valence-electron chi connectivity index (χ2n) is 5.46. The van der Waals surface area contributed by atoms with Crippen molar-refractivity contribution < 1.29 is 27.5 Å². The number of hydrogen-bond acceptors (Lipinski definition) is 6. The normalized spacial score (nSPS) is 12.1. The fourth-order valence-corrected chi connectivity index (χ4v) is 2.64. The van der Waals surface area contributed by atoms with Crippen LogP contribution in [0.4, 0.5) is 5.69 Å². The number of esters is 1. The topological polar surface area (TPSA) is 119 Å². The van der Waals surface area contributed by atoms with Crippen LogP contribution in [-0.2, 0) is 24.2 Å². The van der Waals surface area contributed by atoms with Crippen LogP contribution in [-0.4, -0.2) is 50.9 Å². The van der Waals surface area contributed by atoms with E-state index < -0.39 is 33.7 Å². The Morgan fingerprint density at radius 1 is 1.16 bits per heavy atom. The molecule has 0 saturated heterocycles. The zero-order valence-corrected chi connectivity index (χ0v) is 15.2. The van der Waals surface area contributed by atoms with E-state index in [1.54, 1.807) is 6.92 Å². The minimum atomic E-state index is -3.26. The second kappa shape index (κ2) is 9.16. The van der Waals surface area contributed by atoms with E-state index in [0.29, 0.717) is 11.3 Å². The Bertz CT molecular complexity index is 727. The van der Waals surface area contributed by atoms with E-state index >= 15 is 0 Å². The van der Waals surface area contributed by atoms with Gasteiger partial charge in [-0.3, -0.25) is 9.59 Å². The molecule has 0 aromatic heterocycles. The molecule has 138 valence electrons. The van der Waals surface area contributed by atoms with Crippen molar-refractivity contribution in [1.29, 1.82) is 0 Å². The molecular formula is C16H22N2O6S. The van der Waals surface area contributed by atoms with Crippen LogP contribution in [0.1, 0.15) is 30.6 Å². The Morgan fingerprint density at radius 3 is 2.24 bits per heavy atom. The molecular weight excluding hydrogens is 348 g/mol. The molecule has 0 radical (unpaired) electrons. The summed E-state index contributed by atoms with van der Waals surface area (Å²) >= 11 is 0. The van der Waals surface area contributed by atoms with Gasteiger partial charge in [-0.05, 0) is 37.6 Å². The van der Waals surface area contributed by atoms with Crippen molar-refractivity contribution in [2.45, 2.75) is 26.3 Å². The number of hydrogen-bond donors (Lipinski definition) is 2. The maximum atomic E-state index is 12.3. The zero-order valence-electron chi connectivity index (χ0n) is 14.4. The molecule has 1 aromatic carbocycles. The average molecular weight is 370 g/mol. The van der Waals surface area contributed by atoms with Crippen molar-refractivity contribution in [3.05, 3.63) is 29.8 Å². The van der Waals surface area contributed by atoms with Crippen molar-refractivity contribution in [2.75, 3.05) is 23.9 Å². The van der Waals surface area contributed by atoms with Crippen molar-refractivity contribution >= 4 is 33.3 Å². The predicted molar refractivity (Wildman–Crippen MR) is 93.0 cm³/mol. The summed E-state index contributed by atoms with van der Waals surface area (Å²) in [7, 11) is -3.26. The van der Waals surface area contributed by atoms with E-state index in [0.717, 1.165) is 6.26 Å². The lowest BCUT2D eigenvalue weighted by Crippen LogP contribution is -2.43. The highest BCUT2D eigenvalue weighted by atomic mass is 32.2. The van der Waals surface area contributed by atoms with Gasteiger partial charge in [-0.15, -0.1) is 0 Å². The second-order valence-corrected chi connectivity index (χ2v) is 7.72. The third kappa shape index (κ3) is 7.79. The van der Waals surface area contributed by atoms with Crippen LogP contribution in [0.25, 0.3) is 0 Å². The standard InChI is InChI=1S/C16H22N2O6S/c1-4-24-16(21)12-5-7-13(8-6-12)18-15(20)14(17-11(2)19)9-10-25(3,22)23/h5-8,14H,4,9-10H2,1-3H3,(H,17,19)(H,18,20)/t14-/m0/s1. The monoisotopic (exact) mass is 370 g/mol. The predicted octanol–water partition coefficient (Wildman–Crippen LogP) is 0.741. The molecule has 0 aliphatic rings. The quantitative estimate of drug-likeness (QED) is 0.652. The molecule has 1 aromatic rings. The number of carbonyl (C=O) groups is 3. The van der Waals surface area contributed by atoms with E-state index in [-0.39, 0.29) is 18.8 Å². The van der Waals surface area contributed by atoms with Crippen molar-refractivity contribution in [3.8, 4) is 0 Å². The highest BCUT2D eigenvalue weighted by molar-refractivity contribution is 7.90. The van der Waals surface area contributed by atoms with E-state index in [1.165, 1.54) is 31.2 Å². The van der Waals surface area contributed by atoms with E-state index in [9.17, 15) is 22.8 Å². The molecule has 0 saturated carbocycles. The van der Waals surface area contributed by atoms with Gasteiger partial charge in [0.2, 0.25) is 11.8 Å². The molecule has 25 heavy (non-hydrogen) atoms. The van der Waals surface area contributed by atoms with Gasteiger partial charge in [0.25, 0.3) is 0 Å². The van der Waals surface area contributed by atoms with Crippen LogP contribution in [0.3, 0.4) is 0 Å². The fourth-order valence-electron chi connectivity index (χ4n) is 1.98. The summed E-state index contributed by atoms with van der Waals surface area (Å²) in [6, 6.07) is 5.06. The van der Waals surface area contributed by atoms with Crippen LogP contribution in [0, 0.1) is 0 Å². The van der Waals surface area contributed by atoms with Crippen LogP contribution < -0.4 is 10.6 Å². The Morgan fingerprint density at radius 2 is 1.76 bits per heavy atom. The smallest absolute Gasteiger partial charge is 0.338 e. The van der Waals surface area contributed by atoms with Gasteiger partial charge in [0.05, 0.1) is 17.9 Å². The molecule has 2 amide bonds. The summed E-state index contributed by atoms with van der Waals surface area (Å²) < 4.78 is 27.4. The van der Waals surface area contributed by atoms with Gasteiger partial charge in [0.1, 0.15) is 15.9 Å². The number of carbonyl (C=O) groups excluding carboxylic acids is 3. The molecule has 1 rings (SSSR count). The van der Waals surface area contributed by atoms with Gasteiger partial charge in [-0.1, -0.05) is 0 Å². The first-order chi connectivity index (χ1) is 11.6. The summed E-state index contributed by atoms with van der Waals surface area (Å²) in [4.78, 5) is 35.1. The molecule has 0 heterocycles. The molecule has 0 unspecified atom stereocenters. The number of anilines is 1. The lowest BCUT2D eigenvalue weighted by atomic mass is 10.1. The Kier molecular flexibility index (Phi) is 7.56. The molecule has 0 aliphatic heterocycles. The molecule has 9 heteroatoms. The van der Waals surface area contributed by atoms with Crippen LogP contribution in [0.15, 0.2) is 24.3 Å². The maximum Gasteiger partial charge on any atom is 0.338 e. The first-order valence-corrected chi connectivity index (χ1v) is 9.71. The number of sulfone groups is 1. The average Bonchev–Trinajstić information content (AvgIpc) is 2.51. The molecule has 1 atom stereocenters. The molecule has 8 nitrogen and oxygen atoms in total. The lowest BCUT2D eigenvalue weighted by molar-refractivity contribution is -0.125. The number of rotatable bonds is 8. The first kappa shape index (κ1) is 20.6. The minimum Gasteiger partial charge on any atom is -0.462 e.